The Labute approximate surface area is 90.1 Å². The van der Waals surface area contributed by atoms with E-state index in [9.17, 15) is 4.79 Å². The molecule has 3 N–H and O–H groups in total. The maximum absolute atomic E-state index is 11.3. The second-order valence-corrected chi connectivity index (χ2v) is 4.55. The number of nitrogens with two attached hydrogens (primary N) is 1. The van der Waals surface area contributed by atoms with E-state index in [0.717, 1.165) is 25.7 Å². The van der Waals surface area contributed by atoms with E-state index in [1.54, 1.807) is 0 Å². The van der Waals surface area contributed by atoms with Crippen molar-refractivity contribution in [1.29, 1.82) is 0 Å². The largest absolute Gasteiger partial charge is 0.320 e. The van der Waals surface area contributed by atoms with Gasteiger partial charge in [-0.25, -0.2) is 4.98 Å². The zero-order valence-corrected chi connectivity index (χ0v) is 9.30. The molecule has 0 saturated heterocycles. The van der Waals surface area contributed by atoms with Crippen LogP contribution in [0.15, 0.2) is 15.6 Å². The highest BCUT2D eigenvalue weighted by Gasteiger charge is 2.34. The fraction of sp³-hybridized carbons (Fsp3) is 0.556. The Kier molecular flexibility index (Phi) is 2.45. The predicted molar refractivity (Wildman–Crippen MR) is 56.9 cm³/mol. The molecule has 14 heavy (non-hydrogen) atoms. The number of nitrogens with zero attached hydrogens (tertiary/aromatic N) is 1. The van der Waals surface area contributed by atoms with Crippen molar-refractivity contribution < 1.29 is 0 Å². The van der Waals surface area contributed by atoms with Gasteiger partial charge in [-0.05, 0) is 28.8 Å². The lowest BCUT2D eigenvalue weighted by Gasteiger charge is -2.23. The lowest BCUT2D eigenvalue weighted by Crippen LogP contribution is -2.36. The van der Waals surface area contributed by atoms with E-state index in [1.165, 1.54) is 6.33 Å². The summed E-state index contributed by atoms with van der Waals surface area (Å²) in [6.45, 7) is 0. The van der Waals surface area contributed by atoms with Crippen molar-refractivity contribution in [3.8, 4) is 0 Å². The summed E-state index contributed by atoms with van der Waals surface area (Å²) in [5.41, 5.74) is 6.33. The summed E-state index contributed by atoms with van der Waals surface area (Å²) in [7, 11) is 0. The van der Waals surface area contributed by atoms with Crippen LogP contribution in [0.5, 0.6) is 0 Å². The summed E-state index contributed by atoms with van der Waals surface area (Å²) in [4.78, 5) is 18.0. The molecule has 0 aliphatic heterocycles. The number of H-pyrrole nitrogens is 1. The summed E-state index contributed by atoms with van der Waals surface area (Å²) in [5, 5.41) is 0. The van der Waals surface area contributed by atoms with Crippen molar-refractivity contribution in [3.63, 3.8) is 0 Å². The normalized spacial score (nSPS) is 19.9. The van der Waals surface area contributed by atoms with Gasteiger partial charge in [-0.15, -0.1) is 0 Å². The molecule has 1 fully saturated rings. The van der Waals surface area contributed by atoms with Crippen molar-refractivity contribution in [2.24, 2.45) is 5.73 Å². The minimum atomic E-state index is -0.410. The third kappa shape index (κ3) is 1.50. The van der Waals surface area contributed by atoms with Gasteiger partial charge in [-0.1, -0.05) is 12.8 Å². The van der Waals surface area contributed by atoms with Gasteiger partial charge in [0, 0.05) is 0 Å². The van der Waals surface area contributed by atoms with Crippen LogP contribution >= 0.6 is 15.9 Å². The standard InChI is InChI=1S/C9H12BrN3O/c10-6-7(12-5-13-8(6)14)9(11)3-1-2-4-9/h5H,1-4,11H2,(H,12,13,14). The lowest BCUT2D eigenvalue weighted by atomic mass is 9.94. The maximum atomic E-state index is 11.3. The van der Waals surface area contributed by atoms with Crippen molar-refractivity contribution in [1.82, 2.24) is 9.97 Å². The molecule has 76 valence electrons. The van der Waals surface area contributed by atoms with Crippen LogP contribution in [0.2, 0.25) is 0 Å². The van der Waals surface area contributed by atoms with E-state index in [4.69, 9.17) is 5.73 Å². The Hall–Kier alpha value is -0.680. The van der Waals surface area contributed by atoms with Crippen molar-refractivity contribution in [2.45, 2.75) is 31.2 Å². The summed E-state index contributed by atoms with van der Waals surface area (Å²) in [5.74, 6) is 0. The fourth-order valence-electron chi connectivity index (χ4n) is 1.97. The Balaban J connectivity index is 2.50. The number of aromatic nitrogens is 2. The molecular formula is C9H12BrN3O. The van der Waals surface area contributed by atoms with Crippen molar-refractivity contribution in [3.05, 3.63) is 26.8 Å². The number of hydrogen-bond donors (Lipinski definition) is 2. The summed E-state index contributed by atoms with van der Waals surface area (Å²) in [6, 6.07) is 0. The maximum Gasteiger partial charge on any atom is 0.265 e. The molecule has 0 aromatic carbocycles. The van der Waals surface area contributed by atoms with Gasteiger partial charge in [0.2, 0.25) is 0 Å². The SMILES string of the molecule is NC1(c2nc[nH]c(=O)c2Br)CCCC1. The molecule has 1 saturated carbocycles. The van der Waals surface area contributed by atoms with Gasteiger partial charge < -0.3 is 10.7 Å². The monoisotopic (exact) mass is 257 g/mol. The Morgan fingerprint density at radius 2 is 2.14 bits per heavy atom. The first-order chi connectivity index (χ1) is 6.63. The summed E-state index contributed by atoms with van der Waals surface area (Å²) < 4.78 is 0.476. The van der Waals surface area contributed by atoms with E-state index < -0.39 is 5.54 Å². The highest BCUT2D eigenvalue weighted by molar-refractivity contribution is 9.10. The zero-order valence-electron chi connectivity index (χ0n) is 7.72. The van der Waals surface area contributed by atoms with Gasteiger partial charge in [-0.2, -0.15) is 0 Å². The molecule has 1 heterocycles. The molecule has 1 aromatic heterocycles. The molecule has 0 unspecified atom stereocenters. The highest BCUT2D eigenvalue weighted by atomic mass is 79.9. The Bertz CT molecular complexity index is 395. The number of rotatable bonds is 1. The van der Waals surface area contributed by atoms with E-state index in [2.05, 4.69) is 25.9 Å². The minimum absolute atomic E-state index is 0.160. The third-order valence-electron chi connectivity index (χ3n) is 2.76. The molecule has 0 amide bonds. The molecule has 5 heteroatoms. The van der Waals surface area contributed by atoms with E-state index in [1.807, 2.05) is 0 Å². The second-order valence-electron chi connectivity index (χ2n) is 3.76. The van der Waals surface area contributed by atoms with Crippen molar-refractivity contribution >= 4 is 15.9 Å². The van der Waals surface area contributed by atoms with Gasteiger partial charge in [0.05, 0.1) is 17.6 Å². The molecule has 1 aromatic rings. The number of nitrogens with one attached hydrogen (secondary N) is 1. The van der Waals surface area contributed by atoms with E-state index >= 15 is 0 Å². The third-order valence-corrected chi connectivity index (χ3v) is 3.50. The number of hydrogen-bond acceptors (Lipinski definition) is 3. The van der Waals surface area contributed by atoms with Crippen molar-refractivity contribution in [2.75, 3.05) is 0 Å². The molecular weight excluding hydrogens is 246 g/mol. The number of halogens is 1. The van der Waals surface area contributed by atoms with Gasteiger partial charge in [-0.3, -0.25) is 4.79 Å². The van der Waals surface area contributed by atoms with Gasteiger partial charge in [0.25, 0.3) is 5.56 Å². The molecule has 1 aliphatic carbocycles. The second kappa shape index (κ2) is 3.47. The molecule has 0 spiro atoms. The first-order valence-corrected chi connectivity index (χ1v) is 5.45. The highest BCUT2D eigenvalue weighted by Crippen LogP contribution is 2.36. The average Bonchev–Trinajstić information content (AvgIpc) is 2.58. The van der Waals surface area contributed by atoms with E-state index in [-0.39, 0.29) is 5.56 Å². The number of aromatic amines is 1. The smallest absolute Gasteiger partial charge is 0.265 e. The van der Waals surface area contributed by atoms with Crippen LogP contribution in [0, 0.1) is 0 Å². The minimum Gasteiger partial charge on any atom is -0.320 e. The molecule has 0 bridgehead atoms. The molecule has 1 aliphatic rings. The molecule has 4 nitrogen and oxygen atoms in total. The first-order valence-electron chi connectivity index (χ1n) is 4.66. The quantitative estimate of drug-likeness (QED) is 0.796. The molecule has 0 atom stereocenters. The molecule has 0 radical (unpaired) electrons. The average molecular weight is 258 g/mol. The van der Waals surface area contributed by atoms with Crippen LogP contribution < -0.4 is 11.3 Å². The van der Waals surface area contributed by atoms with Crippen LogP contribution in [0.4, 0.5) is 0 Å². The predicted octanol–water partition coefficient (Wildman–Crippen LogP) is 1.26. The van der Waals surface area contributed by atoms with Crippen LogP contribution in [0.25, 0.3) is 0 Å². The Morgan fingerprint density at radius 1 is 1.50 bits per heavy atom. The lowest BCUT2D eigenvalue weighted by molar-refractivity contribution is 0.443. The van der Waals surface area contributed by atoms with Crippen LogP contribution in [0.1, 0.15) is 31.4 Å². The van der Waals surface area contributed by atoms with Gasteiger partial charge in [0.15, 0.2) is 0 Å². The topological polar surface area (TPSA) is 71.8 Å². The van der Waals surface area contributed by atoms with Crippen LogP contribution in [-0.4, -0.2) is 9.97 Å². The van der Waals surface area contributed by atoms with Gasteiger partial charge >= 0.3 is 0 Å². The summed E-state index contributed by atoms with van der Waals surface area (Å²) >= 11 is 3.24. The van der Waals surface area contributed by atoms with Crippen LogP contribution in [-0.2, 0) is 5.54 Å². The van der Waals surface area contributed by atoms with E-state index in [0.29, 0.717) is 10.2 Å². The fourth-order valence-corrected chi connectivity index (χ4v) is 2.58. The Morgan fingerprint density at radius 3 is 2.79 bits per heavy atom. The zero-order chi connectivity index (χ0) is 10.2. The first kappa shape index (κ1) is 9.86. The molecule has 2 rings (SSSR count). The van der Waals surface area contributed by atoms with Gasteiger partial charge in [0.1, 0.15) is 4.47 Å². The van der Waals surface area contributed by atoms with Crippen LogP contribution in [0.3, 0.4) is 0 Å². The summed E-state index contributed by atoms with van der Waals surface area (Å²) in [6.07, 6.45) is 5.44.